The molecule has 5 heteroatoms. The van der Waals surface area contributed by atoms with E-state index in [0.717, 1.165) is 6.07 Å². The molecule has 0 aliphatic rings. The lowest BCUT2D eigenvalue weighted by molar-refractivity contribution is 0.0687. The topological polar surface area (TPSA) is 72.5 Å². The number of hydrogen-bond donors (Lipinski definition) is 2. The molecule has 0 aliphatic heterocycles. The predicted molar refractivity (Wildman–Crippen MR) is 47.9 cm³/mol. The van der Waals surface area contributed by atoms with Crippen molar-refractivity contribution >= 4 is 5.97 Å². The molecule has 3 N–H and O–H groups in total. The highest BCUT2D eigenvalue weighted by Gasteiger charge is 2.16. The van der Waals surface area contributed by atoms with Crippen LogP contribution < -0.4 is 10.5 Å². The van der Waals surface area contributed by atoms with Gasteiger partial charge >= 0.3 is 5.97 Å². The number of carbonyl (C=O) groups is 1. The molecule has 0 aliphatic carbocycles. The van der Waals surface area contributed by atoms with Crippen molar-refractivity contribution in [2.45, 2.75) is 0 Å². The van der Waals surface area contributed by atoms with Crippen LogP contribution in [0.5, 0.6) is 5.75 Å². The summed E-state index contributed by atoms with van der Waals surface area (Å²) >= 11 is 0. The van der Waals surface area contributed by atoms with Crippen LogP contribution in [-0.4, -0.2) is 24.2 Å². The molecule has 0 bridgehead atoms. The van der Waals surface area contributed by atoms with Crippen molar-refractivity contribution in [1.29, 1.82) is 0 Å². The Balaban J connectivity index is 3.02. The molecule has 0 aromatic heterocycles. The Bertz CT molecular complexity index is 341. The van der Waals surface area contributed by atoms with Crippen molar-refractivity contribution in [3.63, 3.8) is 0 Å². The first-order chi connectivity index (χ1) is 6.66. The van der Waals surface area contributed by atoms with E-state index >= 15 is 0 Å². The summed E-state index contributed by atoms with van der Waals surface area (Å²) in [6.07, 6.45) is 0. The van der Waals surface area contributed by atoms with Crippen LogP contribution in [0.25, 0.3) is 0 Å². The zero-order chi connectivity index (χ0) is 10.6. The molecular weight excluding hydrogens is 189 g/mol. The first-order valence-electron chi connectivity index (χ1n) is 4.01. The fourth-order valence-corrected chi connectivity index (χ4v) is 1.00. The van der Waals surface area contributed by atoms with Gasteiger partial charge in [-0.25, -0.2) is 9.18 Å². The van der Waals surface area contributed by atoms with Crippen molar-refractivity contribution in [2.24, 2.45) is 5.73 Å². The average molecular weight is 199 g/mol. The molecule has 1 rings (SSSR count). The number of hydrogen-bond acceptors (Lipinski definition) is 3. The van der Waals surface area contributed by atoms with Gasteiger partial charge in [0.2, 0.25) is 0 Å². The van der Waals surface area contributed by atoms with Gasteiger partial charge in [-0.1, -0.05) is 6.07 Å². The van der Waals surface area contributed by atoms with Gasteiger partial charge in [0.1, 0.15) is 23.7 Å². The van der Waals surface area contributed by atoms with Crippen LogP contribution >= 0.6 is 0 Å². The lowest BCUT2D eigenvalue weighted by Crippen LogP contribution is -2.13. The highest BCUT2D eigenvalue weighted by atomic mass is 19.1. The lowest BCUT2D eigenvalue weighted by atomic mass is 10.2. The van der Waals surface area contributed by atoms with Crippen LogP contribution in [0.2, 0.25) is 0 Å². The SMILES string of the molecule is NCCOc1cccc(F)c1C(=O)O. The van der Waals surface area contributed by atoms with E-state index in [1.54, 1.807) is 0 Å². The molecule has 1 aromatic rings. The quantitative estimate of drug-likeness (QED) is 0.754. The van der Waals surface area contributed by atoms with Gasteiger partial charge in [-0.15, -0.1) is 0 Å². The van der Waals surface area contributed by atoms with E-state index in [0.29, 0.717) is 0 Å². The Kier molecular flexibility index (Phi) is 3.41. The van der Waals surface area contributed by atoms with Crippen molar-refractivity contribution < 1.29 is 19.0 Å². The molecule has 0 saturated heterocycles. The summed E-state index contributed by atoms with van der Waals surface area (Å²) in [7, 11) is 0. The summed E-state index contributed by atoms with van der Waals surface area (Å²) in [6.45, 7) is 0.402. The fraction of sp³-hybridized carbons (Fsp3) is 0.222. The van der Waals surface area contributed by atoms with E-state index in [-0.39, 0.29) is 18.9 Å². The number of rotatable bonds is 4. The number of ether oxygens (including phenoxy) is 1. The molecule has 0 atom stereocenters. The van der Waals surface area contributed by atoms with Gasteiger partial charge in [0.15, 0.2) is 0 Å². The third kappa shape index (κ3) is 2.20. The largest absolute Gasteiger partial charge is 0.491 e. The predicted octanol–water partition coefficient (Wildman–Crippen LogP) is 0.861. The van der Waals surface area contributed by atoms with E-state index in [4.69, 9.17) is 15.6 Å². The van der Waals surface area contributed by atoms with Gasteiger partial charge in [0.05, 0.1) is 0 Å². The standard InChI is InChI=1S/C9H10FNO3/c10-6-2-1-3-7(14-5-4-11)8(6)9(12)13/h1-3H,4-5,11H2,(H,12,13). The third-order valence-electron chi connectivity index (χ3n) is 1.56. The van der Waals surface area contributed by atoms with Gasteiger partial charge in [-0.3, -0.25) is 0 Å². The van der Waals surface area contributed by atoms with E-state index in [2.05, 4.69) is 0 Å². The molecule has 0 saturated carbocycles. The molecule has 0 radical (unpaired) electrons. The Morgan fingerprint density at radius 3 is 2.86 bits per heavy atom. The van der Waals surface area contributed by atoms with Crippen molar-refractivity contribution in [3.05, 3.63) is 29.6 Å². The maximum Gasteiger partial charge on any atom is 0.342 e. The number of benzene rings is 1. The highest BCUT2D eigenvalue weighted by Crippen LogP contribution is 2.21. The molecule has 4 nitrogen and oxygen atoms in total. The normalized spacial score (nSPS) is 9.86. The second-order valence-electron chi connectivity index (χ2n) is 2.56. The Labute approximate surface area is 80.1 Å². The van der Waals surface area contributed by atoms with Gasteiger partial charge in [-0.2, -0.15) is 0 Å². The molecule has 76 valence electrons. The minimum absolute atomic E-state index is 0.00273. The molecule has 0 amide bonds. The molecule has 1 aromatic carbocycles. The van der Waals surface area contributed by atoms with Crippen LogP contribution in [0.1, 0.15) is 10.4 Å². The highest BCUT2D eigenvalue weighted by molar-refractivity contribution is 5.91. The first kappa shape index (κ1) is 10.5. The van der Waals surface area contributed by atoms with Gasteiger partial charge in [0, 0.05) is 6.54 Å². The number of nitrogens with two attached hydrogens (primary N) is 1. The van der Waals surface area contributed by atoms with Crippen LogP contribution in [-0.2, 0) is 0 Å². The Morgan fingerprint density at radius 2 is 2.29 bits per heavy atom. The second-order valence-corrected chi connectivity index (χ2v) is 2.56. The zero-order valence-corrected chi connectivity index (χ0v) is 7.37. The maximum absolute atomic E-state index is 13.0. The minimum atomic E-state index is -1.35. The Morgan fingerprint density at radius 1 is 1.57 bits per heavy atom. The number of halogens is 1. The third-order valence-corrected chi connectivity index (χ3v) is 1.56. The summed E-state index contributed by atoms with van der Waals surface area (Å²) in [4.78, 5) is 10.7. The van der Waals surface area contributed by atoms with Crippen LogP contribution in [0.15, 0.2) is 18.2 Å². The summed E-state index contributed by atoms with van der Waals surface area (Å²) in [6, 6.07) is 3.84. The monoisotopic (exact) mass is 199 g/mol. The molecule has 0 spiro atoms. The smallest absolute Gasteiger partial charge is 0.342 e. The van der Waals surface area contributed by atoms with E-state index in [1.165, 1.54) is 12.1 Å². The number of aromatic carboxylic acids is 1. The molecule has 14 heavy (non-hydrogen) atoms. The summed E-state index contributed by atoms with van der Waals surface area (Å²) in [5.74, 6) is -2.16. The second kappa shape index (κ2) is 4.57. The maximum atomic E-state index is 13.0. The summed E-state index contributed by atoms with van der Waals surface area (Å²) < 4.78 is 18.0. The van der Waals surface area contributed by atoms with Gasteiger partial charge in [0.25, 0.3) is 0 Å². The van der Waals surface area contributed by atoms with Crippen molar-refractivity contribution in [1.82, 2.24) is 0 Å². The van der Waals surface area contributed by atoms with E-state index in [9.17, 15) is 9.18 Å². The van der Waals surface area contributed by atoms with Gasteiger partial charge in [-0.05, 0) is 12.1 Å². The minimum Gasteiger partial charge on any atom is -0.491 e. The van der Waals surface area contributed by atoms with Crippen LogP contribution in [0.3, 0.4) is 0 Å². The molecular formula is C9H10FNO3. The molecule has 0 heterocycles. The van der Waals surface area contributed by atoms with Crippen LogP contribution in [0.4, 0.5) is 4.39 Å². The number of carboxylic acids is 1. The summed E-state index contributed by atoms with van der Waals surface area (Å²) in [5.41, 5.74) is 4.72. The van der Waals surface area contributed by atoms with E-state index < -0.39 is 17.3 Å². The van der Waals surface area contributed by atoms with Crippen molar-refractivity contribution in [2.75, 3.05) is 13.2 Å². The summed E-state index contributed by atoms with van der Waals surface area (Å²) in [5, 5.41) is 8.69. The van der Waals surface area contributed by atoms with E-state index in [1.807, 2.05) is 0 Å². The molecule has 0 unspecified atom stereocenters. The molecule has 0 fully saturated rings. The van der Waals surface area contributed by atoms with Gasteiger partial charge < -0.3 is 15.6 Å². The average Bonchev–Trinajstić information content (AvgIpc) is 2.14. The van der Waals surface area contributed by atoms with Crippen molar-refractivity contribution in [3.8, 4) is 5.75 Å². The lowest BCUT2D eigenvalue weighted by Gasteiger charge is -2.07. The Hall–Kier alpha value is -1.62. The first-order valence-corrected chi connectivity index (χ1v) is 4.01. The zero-order valence-electron chi connectivity index (χ0n) is 7.37. The van der Waals surface area contributed by atoms with Crippen LogP contribution in [0, 0.1) is 5.82 Å². The number of carboxylic acid groups (broad SMARTS) is 1. The fourth-order valence-electron chi connectivity index (χ4n) is 1.00.